The molecule has 0 amide bonds. The van der Waals surface area contributed by atoms with Crippen molar-refractivity contribution in [3.05, 3.63) is 94.1 Å². The Morgan fingerprint density at radius 2 is 2.00 bits per heavy atom. The van der Waals surface area contributed by atoms with E-state index in [4.69, 9.17) is 15.2 Å². The molecule has 0 fully saturated rings. The van der Waals surface area contributed by atoms with E-state index in [0.29, 0.717) is 29.2 Å². The number of allylic oxidation sites excluding steroid dienone is 1. The standard InChI is InChI=1S/C22H17N3O3/c1-2-11-27-14-9-7-13(8-10-14)18-16(12-23)21(24)28-20-15-5-3-4-6-17(15)25-22(26)19(18)20/h2-10,18H,1,11,24H2,(H,25,26). The summed E-state index contributed by atoms with van der Waals surface area (Å²) >= 11 is 0. The number of rotatable bonds is 4. The summed E-state index contributed by atoms with van der Waals surface area (Å²) in [7, 11) is 0. The number of aromatic nitrogens is 1. The summed E-state index contributed by atoms with van der Waals surface area (Å²) in [5.41, 5.74) is 7.70. The molecule has 1 aliphatic rings. The number of fused-ring (bicyclic) bond motifs is 3. The number of aromatic amines is 1. The number of nitrogens with two attached hydrogens (primary N) is 1. The SMILES string of the molecule is C=CCOc1ccc(C2C(C#N)=C(N)Oc3c2c(=O)[nH]c2ccccc32)cc1. The van der Waals surface area contributed by atoms with E-state index >= 15 is 0 Å². The molecule has 2 heterocycles. The first kappa shape index (κ1) is 17.4. The van der Waals surface area contributed by atoms with Crippen LogP contribution in [0.1, 0.15) is 17.0 Å². The Hall–Kier alpha value is -3.98. The maximum absolute atomic E-state index is 12.9. The molecule has 28 heavy (non-hydrogen) atoms. The van der Waals surface area contributed by atoms with Crippen LogP contribution < -0.4 is 20.8 Å². The molecule has 6 heteroatoms. The zero-order valence-electron chi connectivity index (χ0n) is 14.9. The normalized spacial score (nSPS) is 15.5. The first-order valence-corrected chi connectivity index (χ1v) is 8.70. The van der Waals surface area contributed by atoms with Crippen LogP contribution in [-0.2, 0) is 0 Å². The van der Waals surface area contributed by atoms with E-state index < -0.39 is 5.92 Å². The summed E-state index contributed by atoms with van der Waals surface area (Å²) in [6.07, 6.45) is 1.66. The van der Waals surface area contributed by atoms with Gasteiger partial charge in [-0.1, -0.05) is 36.9 Å². The average molecular weight is 371 g/mol. The smallest absolute Gasteiger partial charge is 0.256 e. The van der Waals surface area contributed by atoms with Crippen molar-refractivity contribution in [1.82, 2.24) is 4.98 Å². The molecule has 0 aliphatic carbocycles. The highest BCUT2D eigenvalue weighted by Gasteiger charge is 2.34. The number of ether oxygens (including phenoxy) is 2. The molecule has 1 unspecified atom stereocenters. The van der Waals surface area contributed by atoms with Gasteiger partial charge in [0.15, 0.2) is 0 Å². The van der Waals surface area contributed by atoms with Crippen LogP contribution in [0.2, 0.25) is 0 Å². The molecule has 0 saturated heterocycles. The van der Waals surface area contributed by atoms with Gasteiger partial charge in [0.2, 0.25) is 5.88 Å². The summed E-state index contributed by atoms with van der Waals surface area (Å²) in [6, 6.07) is 16.6. The molecule has 4 rings (SSSR count). The maximum Gasteiger partial charge on any atom is 0.256 e. The van der Waals surface area contributed by atoms with Crippen LogP contribution in [0, 0.1) is 11.3 Å². The Labute approximate surface area is 161 Å². The van der Waals surface area contributed by atoms with Crippen molar-refractivity contribution in [3.8, 4) is 17.6 Å². The molecule has 1 atom stereocenters. The fourth-order valence-corrected chi connectivity index (χ4v) is 3.42. The molecule has 2 aromatic carbocycles. The van der Waals surface area contributed by atoms with Gasteiger partial charge in [-0.15, -0.1) is 0 Å². The number of hydrogen-bond donors (Lipinski definition) is 2. The minimum atomic E-state index is -0.629. The number of H-pyrrole nitrogens is 1. The molecule has 0 spiro atoms. The van der Waals surface area contributed by atoms with Gasteiger partial charge in [0, 0.05) is 5.39 Å². The Balaban J connectivity index is 1.92. The number of para-hydroxylation sites is 1. The fourth-order valence-electron chi connectivity index (χ4n) is 3.42. The molecule has 3 N–H and O–H groups in total. The van der Waals surface area contributed by atoms with E-state index in [2.05, 4.69) is 17.6 Å². The predicted molar refractivity (Wildman–Crippen MR) is 106 cm³/mol. The van der Waals surface area contributed by atoms with Crippen molar-refractivity contribution in [2.24, 2.45) is 5.73 Å². The van der Waals surface area contributed by atoms with Gasteiger partial charge in [-0.05, 0) is 29.8 Å². The molecule has 1 aromatic heterocycles. The molecular formula is C22H17N3O3. The molecule has 3 aromatic rings. The van der Waals surface area contributed by atoms with Gasteiger partial charge in [0.25, 0.3) is 5.56 Å². The molecule has 138 valence electrons. The molecule has 1 aliphatic heterocycles. The van der Waals surface area contributed by atoms with E-state index in [9.17, 15) is 10.1 Å². The number of nitrogens with one attached hydrogen (secondary N) is 1. The number of benzene rings is 2. The van der Waals surface area contributed by atoms with Crippen molar-refractivity contribution in [1.29, 1.82) is 5.26 Å². The lowest BCUT2D eigenvalue weighted by Crippen LogP contribution is -2.27. The van der Waals surface area contributed by atoms with Crippen LogP contribution in [0.5, 0.6) is 11.5 Å². The summed E-state index contributed by atoms with van der Waals surface area (Å²) < 4.78 is 11.2. The van der Waals surface area contributed by atoms with Gasteiger partial charge in [0.05, 0.1) is 17.0 Å². The summed E-state index contributed by atoms with van der Waals surface area (Å²) in [5.74, 6) is 0.421. The third-order valence-corrected chi connectivity index (χ3v) is 4.67. The second-order valence-corrected chi connectivity index (χ2v) is 6.34. The Kier molecular flexibility index (Phi) is 4.34. The van der Waals surface area contributed by atoms with Gasteiger partial charge in [0.1, 0.15) is 29.7 Å². The number of hydrogen-bond acceptors (Lipinski definition) is 5. The largest absolute Gasteiger partial charge is 0.490 e. The van der Waals surface area contributed by atoms with Crippen molar-refractivity contribution >= 4 is 10.9 Å². The van der Waals surface area contributed by atoms with Crippen LogP contribution >= 0.6 is 0 Å². The summed E-state index contributed by atoms with van der Waals surface area (Å²) in [5, 5.41) is 10.4. The molecule has 0 radical (unpaired) electrons. The first-order valence-electron chi connectivity index (χ1n) is 8.70. The van der Waals surface area contributed by atoms with Gasteiger partial charge in [-0.2, -0.15) is 5.26 Å². The van der Waals surface area contributed by atoms with Crippen molar-refractivity contribution in [3.63, 3.8) is 0 Å². The minimum absolute atomic E-state index is 0.00253. The molecular weight excluding hydrogens is 354 g/mol. The Morgan fingerprint density at radius 1 is 1.25 bits per heavy atom. The average Bonchev–Trinajstić information content (AvgIpc) is 2.72. The zero-order valence-corrected chi connectivity index (χ0v) is 14.9. The lowest BCUT2D eigenvalue weighted by atomic mass is 9.83. The number of pyridine rings is 1. The number of nitrogens with zero attached hydrogens (tertiary/aromatic N) is 1. The van der Waals surface area contributed by atoms with Crippen molar-refractivity contribution in [2.75, 3.05) is 6.61 Å². The van der Waals surface area contributed by atoms with Crippen LogP contribution in [-0.4, -0.2) is 11.6 Å². The first-order chi connectivity index (χ1) is 13.6. The monoisotopic (exact) mass is 371 g/mol. The van der Waals surface area contributed by atoms with Gasteiger partial charge >= 0.3 is 0 Å². The third kappa shape index (κ3) is 2.79. The van der Waals surface area contributed by atoms with Gasteiger partial charge in [-0.3, -0.25) is 4.79 Å². The second-order valence-electron chi connectivity index (χ2n) is 6.34. The fraction of sp³-hybridized carbons (Fsp3) is 0.0909. The lowest BCUT2D eigenvalue weighted by molar-refractivity contribution is 0.363. The minimum Gasteiger partial charge on any atom is -0.490 e. The van der Waals surface area contributed by atoms with E-state index in [-0.39, 0.29) is 17.0 Å². The molecule has 6 nitrogen and oxygen atoms in total. The van der Waals surface area contributed by atoms with E-state index in [1.54, 1.807) is 24.3 Å². The highest BCUT2D eigenvalue weighted by molar-refractivity contribution is 5.87. The molecule has 0 saturated carbocycles. The zero-order chi connectivity index (χ0) is 19.7. The van der Waals surface area contributed by atoms with Crippen LogP contribution in [0.3, 0.4) is 0 Å². The van der Waals surface area contributed by atoms with E-state index in [1.807, 2.05) is 30.3 Å². The van der Waals surface area contributed by atoms with E-state index in [1.165, 1.54) is 0 Å². The van der Waals surface area contributed by atoms with Crippen molar-refractivity contribution in [2.45, 2.75) is 5.92 Å². The second kappa shape index (κ2) is 6.97. The van der Waals surface area contributed by atoms with Crippen LogP contribution in [0.4, 0.5) is 0 Å². The Morgan fingerprint density at radius 3 is 2.71 bits per heavy atom. The van der Waals surface area contributed by atoms with Crippen LogP contribution in [0.25, 0.3) is 10.9 Å². The highest BCUT2D eigenvalue weighted by atomic mass is 16.5. The van der Waals surface area contributed by atoms with E-state index in [0.717, 1.165) is 10.9 Å². The quantitative estimate of drug-likeness (QED) is 0.685. The van der Waals surface area contributed by atoms with Crippen LogP contribution in [0.15, 0.2) is 77.4 Å². The maximum atomic E-state index is 12.9. The lowest BCUT2D eigenvalue weighted by Gasteiger charge is -2.26. The Bertz CT molecular complexity index is 1200. The summed E-state index contributed by atoms with van der Waals surface area (Å²) in [4.78, 5) is 15.8. The predicted octanol–water partition coefficient (Wildman–Crippen LogP) is 3.31. The topological polar surface area (TPSA) is 101 Å². The molecule has 0 bridgehead atoms. The highest BCUT2D eigenvalue weighted by Crippen LogP contribution is 2.43. The van der Waals surface area contributed by atoms with Crippen molar-refractivity contribution < 1.29 is 9.47 Å². The van der Waals surface area contributed by atoms with Gasteiger partial charge in [-0.25, -0.2) is 0 Å². The number of nitriles is 1. The summed E-state index contributed by atoms with van der Waals surface area (Å²) in [6.45, 7) is 4.01. The van der Waals surface area contributed by atoms with Gasteiger partial charge < -0.3 is 20.2 Å². The third-order valence-electron chi connectivity index (χ3n) is 4.67.